The first kappa shape index (κ1) is 8.93. The minimum Gasteiger partial charge on any atom is -0.364 e. The van der Waals surface area contributed by atoms with E-state index in [1.807, 2.05) is 0 Å². The molecule has 1 aliphatic heterocycles. The molecule has 66 valence electrons. The predicted octanol–water partition coefficient (Wildman–Crippen LogP) is -0.163. The fourth-order valence-corrected chi connectivity index (χ4v) is 0.971. The number of aliphatic hydroxyl groups excluding tert-OH is 1. The van der Waals surface area contributed by atoms with E-state index in [4.69, 9.17) is 14.6 Å². The molecule has 1 aliphatic rings. The van der Waals surface area contributed by atoms with Crippen molar-refractivity contribution >= 4 is 0 Å². The molecule has 0 aromatic carbocycles. The lowest BCUT2D eigenvalue weighted by Crippen LogP contribution is -2.54. The summed E-state index contributed by atoms with van der Waals surface area (Å²) >= 11 is 0. The molecule has 1 fully saturated rings. The van der Waals surface area contributed by atoms with Gasteiger partial charge in [-0.25, -0.2) is 0 Å². The molecule has 0 bridgehead atoms. The van der Waals surface area contributed by atoms with Gasteiger partial charge < -0.3 is 19.7 Å². The minimum atomic E-state index is -1.58. The van der Waals surface area contributed by atoms with Crippen LogP contribution in [-0.2, 0) is 9.47 Å². The van der Waals surface area contributed by atoms with E-state index in [1.165, 1.54) is 6.92 Å². The molecule has 0 spiro atoms. The molecule has 0 aromatic rings. The van der Waals surface area contributed by atoms with Crippen molar-refractivity contribution in [3.05, 3.63) is 0 Å². The van der Waals surface area contributed by atoms with Crippen molar-refractivity contribution in [2.45, 2.75) is 45.1 Å². The monoisotopic (exact) mass is 162 g/mol. The van der Waals surface area contributed by atoms with Crippen LogP contribution in [-0.4, -0.2) is 34.5 Å². The number of hydrogen-bond donors (Lipinski definition) is 2. The average Bonchev–Trinajstić information content (AvgIpc) is 1.83. The molecule has 2 unspecified atom stereocenters. The summed E-state index contributed by atoms with van der Waals surface area (Å²) in [5, 5.41) is 18.5. The lowest BCUT2D eigenvalue weighted by molar-refractivity contribution is -0.385. The maximum Gasteiger partial charge on any atom is 0.215 e. The Kier molecular flexibility index (Phi) is 2.20. The van der Waals surface area contributed by atoms with Gasteiger partial charge in [0.2, 0.25) is 12.1 Å². The van der Waals surface area contributed by atoms with E-state index in [1.54, 1.807) is 13.8 Å². The first-order chi connectivity index (χ1) is 4.93. The molecule has 0 aliphatic carbocycles. The maximum absolute atomic E-state index is 9.33. The summed E-state index contributed by atoms with van der Waals surface area (Å²) in [6.45, 7) is 4.94. The van der Waals surface area contributed by atoms with Crippen LogP contribution < -0.4 is 0 Å². The van der Waals surface area contributed by atoms with Gasteiger partial charge in [-0.3, -0.25) is 0 Å². The molecule has 2 N–H and O–H groups in total. The van der Waals surface area contributed by atoms with Crippen LogP contribution in [0.2, 0.25) is 0 Å². The lowest BCUT2D eigenvalue weighted by atomic mass is 10.2. The molecular formula is C7H14O4. The van der Waals surface area contributed by atoms with Crippen molar-refractivity contribution in [1.82, 2.24) is 0 Å². The van der Waals surface area contributed by atoms with Crippen LogP contribution in [0.25, 0.3) is 0 Å². The van der Waals surface area contributed by atoms with E-state index in [0.29, 0.717) is 0 Å². The van der Waals surface area contributed by atoms with Crippen molar-refractivity contribution in [3.63, 3.8) is 0 Å². The van der Waals surface area contributed by atoms with Gasteiger partial charge in [0.1, 0.15) is 0 Å². The van der Waals surface area contributed by atoms with E-state index >= 15 is 0 Å². The van der Waals surface area contributed by atoms with Gasteiger partial charge in [0, 0.05) is 0 Å². The SMILES string of the molecule is CC1O[C@@H](O)[C@](C)(O)OC1C. The van der Waals surface area contributed by atoms with Crippen LogP contribution in [0, 0.1) is 0 Å². The Balaban J connectivity index is 2.63. The summed E-state index contributed by atoms with van der Waals surface area (Å²) in [6.07, 6.45) is -1.65. The number of aliphatic hydroxyl groups is 2. The van der Waals surface area contributed by atoms with Gasteiger partial charge in [0.25, 0.3) is 0 Å². The molecule has 1 saturated heterocycles. The largest absolute Gasteiger partial charge is 0.364 e. The maximum atomic E-state index is 9.33. The Bertz CT molecular complexity index is 145. The van der Waals surface area contributed by atoms with E-state index in [9.17, 15) is 5.11 Å². The van der Waals surface area contributed by atoms with E-state index in [2.05, 4.69) is 0 Å². The van der Waals surface area contributed by atoms with Gasteiger partial charge in [-0.2, -0.15) is 0 Å². The molecule has 1 rings (SSSR count). The molecule has 0 saturated carbocycles. The normalized spacial score (nSPS) is 52.6. The Hall–Kier alpha value is -0.160. The van der Waals surface area contributed by atoms with E-state index in [0.717, 1.165) is 0 Å². The number of hydrogen-bond acceptors (Lipinski definition) is 4. The summed E-state index contributed by atoms with van der Waals surface area (Å²) in [6, 6.07) is 0. The zero-order valence-corrected chi connectivity index (χ0v) is 6.94. The van der Waals surface area contributed by atoms with Crippen LogP contribution in [0.1, 0.15) is 20.8 Å². The fraction of sp³-hybridized carbons (Fsp3) is 1.00. The topological polar surface area (TPSA) is 58.9 Å². The van der Waals surface area contributed by atoms with Crippen molar-refractivity contribution in [2.75, 3.05) is 0 Å². The molecule has 0 amide bonds. The van der Waals surface area contributed by atoms with Gasteiger partial charge >= 0.3 is 0 Å². The fourth-order valence-electron chi connectivity index (χ4n) is 0.971. The zero-order chi connectivity index (χ0) is 8.65. The van der Waals surface area contributed by atoms with Crippen molar-refractivity contribution < 1.29 is 19.7 Å². The first-order valence-corrected chi connectivity index (χ1v) is 3.67. The van der Waals surface area contributed by atoms with Gasteiger partial charge in [-0.05, 0) is 20.8 Å². The van der Waals surface area contributed by atoms with E-state index in [-0.39, 0.29) is 12.2 Å². The standard InChI is InChI=1S/C7H14O4/c1-4-5(2)11-7(3,9)6(8)10-4/h4-6,8-9H,1-3H3/t4?,5?,6-,7-/m1/s1. The van der Waals surface area contributed by atoms with Crippen LogP contribution in [0.15, 0.2) is 0 Å². The minimum absolute atomic E-state index is 0.190. The number of rotatable bonds is 0. The van der Waals surface area contributed by atoms with Crippen LogP contribution >= 0.6 is 0 Å². The van der Waals surface area contributed by atoms with Gasteiger partial charge in [-0.1, -0.05) is 0 Å². The Labute approximate surface area is 65.7 Å². The summed E-state index contributed by atoms with van der Waals surface area (Å²) in [4.78, 5) is 0. The average molecular weight is 162 g/mol. The number of ether oxygens (including phenoxy) is 2. The van der Waals surface area contributed by atoms with Crippen molar-refractivity contribution in [2.24, 2.45) is 0 Å². The molecule has 11 heavy (non-hydrogen) atoms. The molecule has 4 heteroatoms. The van der Waals surface area contributed by atoms with Gasteiger partial charge in [-0.15, -0.1) is 0 Å². The zero-order valence-electron chi connectivity index (χ0n) is 6.94. The molecule has 4 nitrogen and oxygen atoms in total. The summed E-state index contributed by atoms with van der Waals surface area (Å²) in [5.74, 6) is -1.58. The highest BCUT2D eigenvalue weighted by molar-refractivity contribution is 4.76. The van der Waals surface area contributed by atoms with Crippen molar-refractivity contribution in [1.29, 1.82) is 0 Å². The van der Waals surface area contributed by atoms with Crippen LogP contribution in [0.4, 0.5) is 0 Å². The highest BCUT2D eigenvalue weighted by atomic mass is 16.7. The second kappa shape index (κ2) is 2.71. The predicted molar refractivity (Wildman–Crippen MR) is 37.7 cm³/mol. The molecular weight excluding hydrogens is 148 g/mol. The van der Waals surface area contributed by atoms with Crippen LogP contribution in [0.5, 0.6) is 0 Å². The van der Waals surface area contributed by atoms with Crippen LogP contribution in [0.3, 0.4) is 0 Å². The smallest absolute Gasteiger partial charge is 0.215 e. The Morgan fingerprint density at radius 2 is 1.82 bits per heavy atom. The first-order valence-electron chi connectivity index (χ1n) is 3.67. The molecule has 1 heterocycles. The van der Waals surface area contributed by atoms with Crippen molar-refractivity contribution in [3.8, 4) is 0 Å². The third-order valence-electron chi connectivity index (χ3n) is 1.89. The summed E-state index contributed by atoms with van der Waals surface area (Å²) in [7, 11) is 0. The molecule has 0 radical (unpaired) electrons. The highest BCUT2D eigenvalue weighted by Crippen LogP contribution is 2.25. The van der Waals surface area contributed by atoms with E-state index < -0.39 is 12.1 Å². The van der Waals surface area contributed by atoms with Gasteiger partial charge in [0.05, 0.1) is 12.2 Å². The second-order valence-corrected chi connectivity index (χ2v) is 3.07. The molecule has 0 aromatic heterocycles. The lowest BCUT2D eigenvalue weighted by Gasteiger charge is -2.40. The summed E-state index contributed by atoms with van der Waals surface area (Å²) in [5.41, 5.74) is 0. The highest BCUT2D eigenvalue weighted by Gasteiger charge is 2.41. The quantitative estimate of drug-likeness (QED) is 0.519. The summed E-state index contributed by atoms with van der Waals surface area (Å²) < 4.78 is 10.1. The third kappa shape index (κ3) is 1.70. The third-order valence-corrected chi connectivity index (χ3v) is 1.89. The Morgan fingerprint density at radius 1 is 1.27 bits per heavy atom. The Morgan fingerprint density at radius 3 is 2.27 bits per heavy atom. The van der Waals surface area contributed by atoms with Gasteiger partial charge in [0.15, 0.2) is 0 Å². The molecule has 4 atom stereocenters. The second-order valence-electron chi connectivity index (χ2n) is 3.07.